The third-order valence-electron chi connectivity index (χ3n) is 6.38. The van der Waals surface area contributed by atoms with Crippen LogP contribution in [-0.2, 0) is 14.3 Å². The van der Waals surface area contributed by atoms with Crippen molar-refractivity contribution >= 4 is 86.3 Å². The minimum Gasteiger partial charge on any atom is -0.454 e. The minimum absolute atomic E-state index is 0.0449. The van der Waals surface area contributed by atoms with Crippen LogP contribution in [0.1, 0.15) is 27.1 Å². The Morgan fingerprint density at radius 2 is 1.80 bits per heavy atom. The third-order valence-corrected chi connectivity index (χ3v) is 7.97. The van der Waals surface area contributed by atoms with E-state index in [1.54, 1.807) is 0 Å². The molecule has 6 rings (SSSR count). The largest absolute Gasteiger partial charge is 0.454 e. The predicted octanol–water partition coefficient (Wildman–Crippen LogP) is 5.28. The molecule has 2 amide bonds. The van der Waals surface area contributed by atoms with Crippen LogP contribution in [0, 0.1) is 0 Å². The number of anilines is 1. The van der Waals surface area contributed by atoms with Crippen molar-refractivity contribution in [1.29, 1.82) is 0 Å². The Morgan fingerprint density at radius 1 is 1.02 bits per heavy atom. The van der Waals surface area contributed by atoms with Crippen LogP contribution >= 0.6 is 35.0 Å². The van der Waals surface area contributed by atoms with Crippen molar-refractivity contribution in [3.8, 4) is 0 Å². The van der Waals surface area contributed by atoms with Crippen molar-refractivity contribution in [1.82, 2.24) is 20.2 Å². The number of aromatic nitrogens is 4. The number of fused-ring (bicyclic) bond motifs is 3. The number of hydrogen-bond donors (Lipinski definition) is 1. The molecule has 13 heteroatoms. The highest BCUT2D eigenvalue weighted by molar-refractivity contribution is 8.00. The van der Waals surface area contributed by atoms with Gasteiger partial charge in [0.05, 0.1) is 16.3 Å². The molecule has 1 aliphatic rings. The molecule has 0 radical (unpaired) electrons. The number of carbonyl (C=O) groups excluding carboxylic acids is 4. The number of nitrogens with zero attached hydrogens (tertiary/aromatic N) is 4. The number of Topliss-reactive ketones (excluding diaryl/α,β-unsaturated/α-hetero) is 1. The van der Waals surface area contributed by atoms with E-state index >= 15 is 0 Å². The Labute approximate surface area is 246 Å². The number of esters is 1. The summed E-state index contributed by atoms with van der Waals surface area (Å²) in [5.74, 6) is -2.06. The lowest BCUT2D eigenvalue weighted by Gasteiger charge is -2.15. The Hall–Kier alpha value is -4.32. The Morgan fingerprint density at radius 3 is 2.59 bits per heavy atom. The lowest BCUT2D eigenvalue weighted by atomic mass is 10.1. The molecule has 1 N–H and O–H groups in total. The highest BCUT2D eigenvalue weighted by atomic mass is 35.5. The summed E-state index contributed by atoms with van der Waals surface area (Å²) in [5.41, 5.74) is 2.65. The van der Waals surface area contributed by atoms with E-state index < -0.39 is 35.4 Å². The van der Waals surface area contributed by atoms with Crippen LogP contribution in [0.2, 0.25) is 10.0 Å². The number of ketones is 1. The second-order valence-corrected chi connectivity index (χ2v) is 11.0. The number of H-pyrrole nitrogens is 1. The number of benzene rings is 3. The molecule has 1 unspecified atom stereocenters. The quantitative estimate of drug-likeness (QED) is 0.149. The summed E-state index contributed by atoms with van der Waals surface area (Å²) in [6.07, 6.45) is -0.0449. The van der Waals surface area contributed by atoms with Gasteiger partial charge in [-0.1, -0.05) is 53.2 Å². The van der Waals surface area contributed by atoms with E-state index in [4.69, 9.17) is 27.9 Å². The molecular weight excluding hydrogens is 589 g/mol. The van der Waals surface area contributed by atoms with Gasteiger partial charge in [0.2, 0.25) is 22.8 Å². The fraction of sp³-hybridized carbons (Fsp3) is 0.107. The minimum atomic E-state index is -0.750. The van der Waals surface area contributed by atoms with Crippen LogP contribution in [0.4, 0.5) is 5.69 Å². The number of carbonyl (C=O) groups is 4. The molecule has 41 heavy (non-hydrogen) atoms. The number of thioether (sulfide) groups is 1. The molecule has 5 aromatic rings. The van der Waals surface area contributed by atoms with E-state index in [9.17, 15) is 19.2 Å². The second kappa shape index (κ2) is 10.9. The van der Waals surface area contributed by atoms with Gasteiger partial charge < -0.3 is 9.72 Å². The summed E-state index contributed by atoms with van der Waals surface area (Å²) in [6.45, 7) is -0.523. The standard InChI is InChI=1S/C28H17Cl2N5O5S/c29-15-7-10-17(19(30)11-15)21(36)13-40-27(39)14-5-8-16(9-6-14)35-23(37)12-22(26(35)38)41-28-32-25-24(33-34-28)18-3-1-2-4-20(18)31-25/h1-11,22H,12-13H2,(H,31,32,34). The molecule has 10 nitrogen and oxygen atoms in total. The van der Waals surface area contributed by atoms with E-state index in [0.29, 0.717) is 21.9 Å². The van der Waals surface area contributed by atoms with E-state index in [1.165, 1.54) is 42.5 Å². The summed E-state index contributed by atoms with van der Waals surface area (Å²) in [6, 6.07) is 17.8. The number of imide groups is 1. The van der Waals surface area contributed by atoms with Crippen molar-refractivity contribution in [2.75, 3.05) is 11.5 Å². The summed E-state index contributed by atoms with van der Waals surface area (Å²) in [7, 11) is 0. The van der Waals surface area contributed by atoms with Gasteiger partial charge in [0.1, 0.15) is 10.8 Å². The highest BCUT2D eigenvalue weighted by Crippen LogP contribution is 2.33. The molecule has 3 heterocycles. The third kappa shape index (κ3) is 5.26. The smallest absolute Gasteiger partial charge is 0.338 e. The average molecular weight is 606 g/mol. The average Bonchev–Trinajstić information content (AvgIpc) is 3.47. The van der Waals surface area contributed by atoms with Crippen LogP contribution in [0.3, 0.4) is 0 Å². The molecule has 0 saturated carbocycles. The Bertz CT molecular complexity index is 1880. The lowest BCUT2D eigenvalue weighted by molar-refractivity contribution is -0.121. The van der Waals surface area contributed by atoms with Crippen LogP contribution in [0.25, 0.3) is 22.1 Å². The number of para-hydroxylation sites is 1. The fourth-order valence-electron chi connectivity index (χ4n) is 4.40. The van der Waals surface area contributed by atoms with E-state index in [-0.39, 0.29) is 27.7 Å². The van der Waals surface area contributed by atoms with Crippen LogP contribution in [0.5, 0.6) is 0 Å². The monoisotopic (exact) mass is 605 g/mol. The summed E-state index contributed by atoms with van der Waals surface area (Å²) in [5, 5.41) is 9.36. The first-order chi connectivity index (χ1) is 19.8. The maximum absolute atomic E-state index is 13.2. The van der Waals surface area contributed by atoms with Crippen molar-refractivity contribution in [2.24, 2.45) is 0 Å². The first-order valence-electron chi connectivity index (χ1n) is 12.2. The number of amides is 2. The number of nitrogens with one attached hydrogen (secondary N) is 1. The SMILES string of the molecule is O=C(OCC(=O)c1ccc(Cl)cc1Cl)c1ccc(N2C(=O)CC(Sc3nnc4c(n3)[nH]c3ccccc34)C2=O)cc1. The van der Waals surface area contributed by atoms with Gasteiger partial charge in [-0.25, -0.2) is 14.7 Å². The van der Waals surface area contributed by atoms with E-state index in [1.807, 2.05) is 24.3 Å². The number of aromatic amines is 1. The molecule has 0 aliphatic carbocycles. The molecule has 1 atom stereocenters. The van der Waals surface area contributed by atoms with Gasteiger partial charge in [0.25, 0.3) is 0 Å². The highest BCUT2D eigenvalue weighted by Gasteiger charge is 2.41. The number of hydrogen-bond acceptors (Lipinski definition) is 9. The molecule has 3 aromatic carbocycles. The molecular formula is C28H17Cl2N5O5S. The number of rotatable bonds is 7. The van der Waals surface area contributed by atoms with E-state index in [0.717, 1.165) is 27.6 Å². The molecule has 0 spiro atoms. The van der Waals surface area contributed by atoms with Gasteiger partial charge in [-0.15, -0.1) is 10.2 Å². The zero-order valence-corrected chi connectivity index (χ0v) is 23.2. The first-order valence-corrected chi connectivity index (χ1v) is 13.8. The van der Waals surface area contributed by atoms with Gasteiger partial charge in [0, 0.05) is 27.9 Å². The number of halogens is 2. The first kappa shape index (κ1) is 26.9. The van der Waals surface area contributed by atoms with E-state index in [2.05, 4.69) is 20.2 Å². The topological polar surface area (TPSA) is 135 Å². The van der Waals surface area contributed by atoms with Crippen molar-refractivity contribution < 1.29 is 23.9 Å². The normalized spacial score (nSPS) is 15.2. The molecule has 1 saturated heterocycles. The van der Waals surface area contributed by atoms with Crippen LogP contribution in [-0.4, -0.2) is 55.6 Å². The maximum atomic E-state index is 13.2. The van der Waals surface area contributed by atoms with Crippen LogP contribution in [0.15, 0.2) is 71.9 Å². The molecule has 204 valence electrons. The summed E-state index contributed by atoms with van der Waals surface area (Å²) < 4.78 is 5.12. The summed E-state index contributed by atoms with van der Waals surface area (Å²) in [4.78, 5) is 59.5. The Kier molecular flexibility index (Phi) is 7.16. The van der Waals surface area contributed by atoms with Crippen molar-refractivity contribution in [3.63, 3.8) is 0 Å². The molecule has 1 aliphatic heterocycles. The van der Waals surface area contributed by atoms with Gasteiger partial charge in [-0.05, 0) is 48.5 Å². The van der Waals surface area contributed by atoms with Gasteiger partial charge >= 0.3 is 5.97 Å². The summed E-state index contributed by atoms with van der Waals surface area (Å²) >= 11 is 12.9. The van der Waals surface area contributed by atoms with Crippen LogP contribution < -0.4 is 4.90 Å². The van der Waals surface area contributed by atoms with Gasteiger partial charge in [-0.2, -0.15) is 0 Å². The zero-order valence-electron chi connectivity index (χ0n) is 20.8. The Balaban J connectivity index is 1.11. The fourth-order valence-corrected chi connectivity index (χ4v) is 5.84. The second-order valence-electron chi connectivity index (χ2n) is 9.01. The molecule has 0 bridgehead atoms. The predicted molar refractivity (Wildman–Crippen MR) is 153 cm³/mol. The lowest BCUT2D eigenvalue weighted by Crippen LogP contribution is -2.31. The molecule has 1 fully saturated rings. The number of ether oxygens (including phenoxy) is 1. The zero-order chi connectivity index (χ0) is 28.7. The van der Waals surface area contributed by atoms with Crippen molar-refractivity contribution in [2.45, 2.75) is 16.8 Å². The molecule has 2 aromatic heterocycles. The van der Waals surface area contributed by atoms with Gasteiger partial charge in [-0.3, -0.25) is 14.4 Å². The van der Waals surface area contributed by atoms with Crippen molar-refractivity contribution in [3.05, 3.63) is 87.9 Å². The maximum Gasteiger partial charge on any atom is 0.338 e. The van der Waals surface area contributed by atoms with Gasteiger partial charge in [0.15, 0.2) is 12.3 Å².